The maximum atomic E-state index is 11.5. The second kappa shape index (κ2) is 6.28. The van der Waals surface area contributed by atoms with E-state index < -0.39 is 6.09 Å². The number of anilines is 2. The molecule has 120 valence electrons. The fourth-order valence-electron chi connectivity index (χ4n) is 2.92. The number of hydrogen-bond acceptors (Lipinski definition) is 4. The summed E-state index contributed by atoms with van der Waals surface area (Å²) in [6.45, 7) is 5.14. The first-order valence-electron chi connectivity index (χ1n) is 7.79. The van der Waals surface area contributed by atoms with Gasteiger partial charge in [0.05, 0.1) is 12.8 Å². The van der Waals surface area contributed by atoms with Gasteiger partial charge in [-0.1, -0.05) is 18.2 Å². The summed E-state index contributed by atoms with van der Waals surface area (Å²) in [7, 11) is 1.34. The number of benzene rings is 1. The van der Waals surface area contributed by atoms with Gasteiger partial charge in [0, 0.05) is 29.4 Å². The highest BCUT2D eigenvalue weighted by molar-refractivity contribution is 5.86. The highest BCUT2D eigenvalue weighted by Gasteiger charge is 2.19. The molecule has 0 saturated heterocycles. The zero-order chi connectivity index (χ0) is 16.4. The van der Waals surface area contributed by atoms with Crippen LogP contribution in [-0.2, 0) is 11.2 Å². The van der Waals surface area contributed by atoms with Gasteiger partial charge in [-0.15, -0.1) is 0 Å². The van der Waals surface area contributed by atoms with Crippen LogP contribution in [0.25, 0.3) is 11.3 Å². The molecular weight excluding hydrogens is 290 g/mol. The molecule has 0 fully saturated rings. The third kappa shape index (κ3) is 2.99. The lowest BCUT2D eigenvalue weighted by Gasteiger charge is -2.23. The molecule has 0 aliphatic carbocycles. The van der Waals surface area contributed by atoms with Gasteiger partial charge in [0.1, 0.15) is 5.82 Å². The molecule has 23 heavy (non-hydrogen) atoms. The predicted molar refractivity (Wildman–Crippen MR) is 92.0 cm³/mol. The lowest BCUT2D eigenvalue weighted by Crippen LogP contribution is -2.17. The minimum atomic E-state index is -0.514. The predicted octanol–water partition coefficient (Wildman–Crippen LogP) is 3.90. The number of fused-ring (bicyclic) bond motifs is 1. The first kappa shape index (κ1) is 15.3. The van der Waals surface area contributed by atoms with Crippen molar-refractivity contribution >= 4 is 17.6 Å². The van der Waals surface area contributed by atoms with Gasteiger partial charge in [-0.2, -0.15) is 0 Å². The van der Waals surface area contributed by atoms with E-state index in [4.69, 9.17) is 4.98 Å². The number of aromatic nitrogens is 1. The van der Waals surface area contributed by atoms with Gasteiger partial charge in [-0.25, -0.2) is 9.78 Å². The number of nitrogens with one attached hydrogen (secondary N) is 2. The number of carbonyl (C=O) groups excluding carboxylic acids is 1. The summed E-state index contributed by atoms with van der Waals surface area (Å²) in [6.07, 6.45) is 1.55. The molecule has 5 nitrogen and oxygen atoms in total. The molecule has 1 aliphatic rings. The average Bonchev–Trinajstić information content (AvgIpc) is 2.56. The first-order valence-corrected chi connectivity index (χ1v) is 7.79. The highest BCUT2D eigenvalue weighted by atomic mass is 16.5. The first-order chi connectivity index (χ1) is 11.1. The van der Waals surface area contributed by atoms with Gasteiger partial charge in [-0.3, -0.25) is 5.32 Å². The van der Waals surface area contributed by atoms with Gasteiger partial charge < -0.3 is 10.1 Å². The molecule has 3 rings (SSSR count). The van der Waals surface area contributed by atoms with E-state index in [0.29, 0.717) is 5.82 Å². The second-order valence-electron chi connectivity index (χ2n) is 5.78. The standard InChI is InChI=1S/C18H21N3O2/c1-11-6-4-7-13(12(11)2)17-14-8-5-9-19-15(14)10-16(20-17)21-18(22)23-3/h4,6-7,10,19H,5,8-9H2,1-3H3,(H,20,21,22). The average molecular weight is 311 g/mol. The number of nitrogens with zero attached hydrogens (tertiary/aromatic N) is 1. The number of aryl methyl sites for hydroxylation is 1. The maximum Gasteiger partial charge on any atom is 0.412 e. The molecule has 1 aromatic carbocycles. The van der Waals surface area contributed by atoms with Crippen LogP contribution in [0.4, 0.5) is 16.3 Å². The number of amides is 1. The smallest absolute Gasteiger partial charge is 0.412 e. The third-order valence-electron chi connectivity index (χ3n) is 4.32. The molecule has 2 heterocycles. The van der Waals surface area contributed by atoms with Crippen LogP contribution >= 0.6 is 0 Å². The van der Waals surface area contributed by atoms with E-state index in [9.17, 15) is 4.79 Å². The Labute approximate surface area is 136 Å². The van der Waals surface area contributed by atoms with Crippen LogP contribution in [0.5, 0.6) is 0 Å². The molecule has 2 N–H and O–H groups in total. The quantitative estimate of drug-likeness (QED) is 0.883. The van der Waals surface area contributed by atoms with Crippen molar-refractivity contribution < 1.29 is 9.53 Å². The van der Waals surface area contributed by atoms with Crippen LogP contribution in [0.15, 0.2) is 24.3 Å². The van der Waals surface area contributed by atoms with Crippen LogP contribution in [0.3, 0.4) is 0 Å². The Morgan fingerprint density at radius 3 is 2.96 bits per heavy atom. The van der Waals surface area contributed by atoms with Gasteiger partial charge >= 0.3 is 6.09 Å². The lowest BCUT2D eigenvalue weighted by molar-refractivity contribution is 0.187. The molecule has 1 amide bonds. The monoisotopic (exact) mass is 311 g/mol. The van der Waals surface area contributed by atoms with Crippen molar-refractivity contribution in [3.8, 4) is 11.3 Å². The molecule has 5 heteroatoms. The Morgan fingerprint density at radius 2 is 2.17 bits per heavy atom. The largest absolute Gasteiger partial charge is 0.453 e. The molecule has 0 bridgehead atoms. The van der Waals surface area contributed by atoms with Crippen LogP contribution < -0.4 is 10.6 Å². The third-order valence-corrected chi connectivity index (χ3v) is 4.32. The molecule has 1 aliphatic heterocycles. The summed E-state index contributed by atoms with van der Waals surface area (Å²) in [5.41, 5.74) is 6.73. The molecule has 0 saturated carbocycles. The lowest BCUT2D eigenvalue weighted by atomic mass is 9.93. The van der Waals surface area contributed by atoms with E-state index in [-0.39, 0.29) is 0 Å². The Kier molecular flexibility index (Phi) is 4.19. The summed E-state index contributed by atoms with van der Waals surface area (Å²) in [6, 6.07) is 8.10. The second-order valence-corrected chi connectivity index (χ2v) is 5.78. The number of ether oxygens (including phenoxy) is 1. The minimum Gasteiger partial charge on any atom is -0.453 e. The van der Waals surface area contributed by atoms with Crippen molar-refractivity contribution in [2.24, 2.45) is 0 Å². The summed E-state index contributed by atoms with van der Waals surface area (Å²) < 4.78 is 4.68. The van der Waals surface area contributed by atoms with Crippen LogP contribution in [-0.4, -0.2) is 24.7 Å². The van der Waals surface area contributed by atoms with Crippen molar-refractivity contribution in [3.05, 3.63) is 41.0 Å². The number of pyridine rings is 1. The van der Waals surface area contributed by atoms with Gasteiger partial charge in [0.15, 0.2) is 0 Å². The summed E-state index contributed by atoms with van der Waals surface area (Å²) in [4.78, 5) is 16.2. The van der Waals surface area contributed by atoms with Gasteiger partial charge in [0.25, 0.3) is 0 Å². The number of rotatable bonds is 2. The van der Waals surface area contributed by atoms with Crippen molar-refractivity contribution in [1.29, 1.82) is 0 Å². The van der Waals surface area contributed by atoms with Crippen molar-refractivity contribution in [1.82, 2.24) is 4.98 Å². The number of methoxy groups -OCH3 is 1. The van der Waals surface area contributed by atoms with Gasteiger partial charge in [0.2, 0.25) is 0 Å². The molecule has 1 aromatic heterocycles. The summed E-state index contributed by atoms with van der Waals surface area (Å²) in [5, 5.41) is 6.08. The summed E-state index contributed by atoms with van der Waals surface area (Å²) in [5.74, 6) is 0.501. The Bertz CT molecular complexity index is 756. The van der Waals surface area contributed by atoms with Crippen molar-refractivity contribution in [2.75, 3.05) is 24.3 Å². The summed E-state index contributed by atoms with van der Waals surface area (Å²) >= 11 is 0. The highest BCUT2D eigenvalue weighted by Crippen LogP contribution is 2.35. The van der Waals surface area contributed by atoms with E-state index in [1.807, 2.05) is 12.1 Å². The molecule has 0 radical (unpaired) electrons. The fourth-order valence-corrected chi connectivity index (χ4v) is 2.92. The number of hydrogen-bond donors (Lipinski definition) is 2. The van der Waals surface area contributed by atoms with Crippen LogP contribution in [0.2, 0.25) is 0 Å². The van der Waals surface area contributed by atoms with Crippen LogP contribution in [0.1, 0.15) is 23.1 Å². The molecule has 0 spiro atoms. The van der Waals surface area contributed by atoms with Crippen molar-refractivity contribution in [2.45, 2.75) is 26.7 Å². The minimum absolute atomic E-state index is 0.501. The normalized spacial score (nSPS) is 13.0. The molecule has 2 aromatic rings. The van der Waals surface area contributed by atoms with E-state index in [2.05, 4.69) is 41.4 Å². The Balaban J connectivity index is 2.15. The topological polar surface area (TPSA) is 63.2 Å². The maximum absolute atomic E-state index is 11.5. The fraction of sp³-hybridized carbons (Fsp3) is 0.333. The van der Waals surface area contributed by atoms with E-state index >= 15 is 0 Å². The Morgan fingerprint density at radius 1 is 1.35 bits per heavy atom. The van der Waals surface area contributed by atoms with Crippen molar-refractivity contribution in [3.63, 3.8) is 0 Å². The molecule has 0 atom stereocenters. The molecule has 0 unspecified atom stereocenters. The van der Waals surface area contributed by atoms with E-state index in [1.165, 1.54) is 23.8 Å². The zero-order valence-corrected chi connectivity index (χ0v) is 13.7. The van der Waals surface area contributed by atoms with Gasteiger partial charge in [-0.05, 0) is 37.8 Å². The van der Waals surface area contributed by atoms with E-state index in [1.54, 1.807) is 0 Å². The molecular formula is C18H21N3O2. The van der Waals surface area contributed by atoms with Crippen LogP contribution in [0, 0.1) is 13.8 Å². The number of carbonyl (C=O) groups is 1. The Hall–Kier alpha value is -2.56. The zero-order valence-electron chi connectivity index (χ0n) is 13.7. The SMILES string of the molecule is COC(=O)Nc1cc2c(c(-c3cccc(C)c3C)n1)CCCN2. The van der Waals surface area contributed by atoms with E-state index in [0.717, 1.165) is 36.3 Å².